The summed E-state index contributed by atoms with van der Waals surface area (Å²) >= 11 is 0. The summed E-state index contributed by atoms with van der Waals surface area (Å²) < 4.78 is 5.42. The van der Waals surface area contributed by atoms with E-state index in [0.29, 0.717) is 17.9 Å². The van der Waals surface area contributed by atoms with Crippen molar-refractivity contribution in [2.45, 2.75) is 56.9 Å². The molecule has 4 rings (SSSR count). The first-order valence-corrected chi connectivity index (χ1v) is 9.75. The number of nitrogens with zero attached hydrogens (tertiary/aromatic N) is 2. The van der Waals surface area contributed by atoms with E-state index >= 15 is 0 Å². The maximum absolute atomic E-state index is 5.42. The molecule has 3 heteroatoms. The Kier molecular flexibility index (Phi) is 4.88. The molecule has 1 heterocycles. The van der Waals surface area contributed by atoms with Gasteiger partial charge < -0.3 is 4.74 Å². The Morgan fingerprint density at radius 1 is 1.00 bits per heavy atom. The highest BCUT2D eigenvalue weighted by molar-refractivity contribution is 5.91. The van der Waals surface area contributed by atoms with Gasteiger partial charge in [-0.05, 0) is 55.9 Å². The zero-order chi connectivity index (χ0) is 16.4. The Hall–Kier alpha value is -1.35. The first-order valence-electron chi connectivity index (χ1n) is 9.75. The molecule has 1 saturated heterocycles. The van der Waals surface area contributed by atoms with Crippen LogP contribution in [0.25, 0.3) is 0 Å². The van der Waals surface area contributed by atoms with Gasteiger partial charge in [-0.1, -0.05) is 36.8 Å². The molecule has 24 heavy (non-hydrogen) atoms. The van der Waals surface area contributed by atoms with Crippen LogP contribution in [0.4, 0.5) is 0 Å². The third-order valence-corrected chi connectivity index (χ3v) is 6.35. The van der Waals surface area contributed by atoms with E-state index in [1.165, 1.54) is 56.2 Å². The minimum atomic E-state index is 0.486. The average molecular weight is 326 g/mol. The Balaban J connectivity index is 1.60. The third kappa shape index (κ3) is 3.11. The summed E-state index contributed by atoms with van der Waals surface area (Å²) in [7, 11) is 1.81. The predicted octanol–water partition coefficient (Wildman–Crippen LogP) is 4.45. The summed E-state index contributed by atoms with van der Waals surface area (Å²) in [4.78, 5) is 0. The zero-order valence-electron chi connectivity index (χ0n) is 14.9. The van der Waals surface area contributed by atoms with Gasteiger partial charge in [0, 0.05) is 25.3 Å². The smallest absolute Gasteiger partial charge is 0.0704 e. The van der Waals surface area contributed by atoms with E-state index in [1.54, 1.807) is 0 Å². The van der Waals surface area contributed by atoms with Gasteiger partial charge in [0.25, 0.3) is 0 Å². The van der Waals surface area contributed by atoms with Crippen LogP contribution in [-0.4, -0.2) is 37.0 Å². The van der Waals surface area contributed by atoms with Gasteiger partial charge in [-0.25, -0.2) is 0 Å². The van der Waals surface area contributed by atoms with Crippen molar-refractivity contribution in [3.8, 4) is 0 Å². The van der Waals surface area contributed by atoms with E-state index in [1.807, 2.05) is 7.11 Å². The number of ether oxygens (including phenoxy) is 1. The predicted molar refractivity (Wildman–Crippen MR) is 98.3 cm³/mol. The van der Waals surface area contributed by atoms with E-state index in [0.717, 1.165) is 19.1 Å². The van der Waals surface area contributed by atoms with Crippen LogP contribution < -0.4 is 0 Å². The van der Waals surface area contributed by atoms with Crippen molar-refractivity contribution in [2.75, 3.05) is 20.3 Å². The molecule has 3 nitrogen and oxygen atoms in total. The molecule has 0 unspecified atom stereocenters. The second-order valence-corrected chi connectivity index (χ2v) is 7.77. The molecule has 0 spiro atoms. The molecule has 4 atom stereocenters. The number of benzene rings is 1. The first-order chi connectivity index (χ1) is 11.9. The maximum atomic E-state index is 5.42. The minimum absolute atomic E-state index is 0.486. The summed E-state index contributed by atoms with van der Waals surface area (Å²) in [5.41, 5.74) is 3.04. The van der Waals surface area contributed by atoms with Crippen LogP contribution in [0.5, 0.6) is 0 Å². The van der Waals surface area contributed by atoms with Gasteiger partial charge >= 0.3 is 0 Å². The van der Waals surface area contributed by atoms with Crippen molar-refractivity contribution in [3.63, 3.8) is 0 Å². The fraction of sp³-hybridized carbons (Fsp3) is 0.667. The molecule has 1 aliphatic heterocycles. The molecular formula is C21H30N2O. The normalized spacial score (nSPS) is 34.7. The summed E-state index contributed by atoms with van der Waals surface area (Å²) in [5.74, 6) is 2.06. The number of fused-ring (bicyclic) bond motifs is 2. The molecule has 1 aromatic rings. The topological polar surface area (TPSA) is 24.8 Å². The number of rotatable bonds is 4. The molecule has 3 aliphatic rings. The van der Waals surface area contributed by atoms with E-state index in [2.05, 4.69) is 35.3 Å². The molecule has 2 bridgehead atoms. The van der Waals surface area contributed by atoms with Gasteiger partial charge in [-0.2, -0.15) is 5.10 Å². The molecule has 3 fully saturated rings. The second kappa shape index (κ2) is 7.26. The molecule has 130 valence electrons. The summed E-state index contributed by atoms with van der Waals surface area (Å²) in [6, 6.07) is 11.6. The van der Waals surface area contributed by atoms with E-state index < -0.39 is 0 Å². The van der Waals surface area contributed by atoms with Crippen molar-refractivity contribution in [1.29, 1.82) is 0 Å². The number of hydrazone groups is 1. The fourth-order valence-corrected chi connectivity index (χ4v) is 5.18. The van der Waals surface area contributed by atoms with Crippen LogP contribution in [0.2, 0.25) is 0 Å². The lowest BCUT2D eigenvalue weighted by molar-refractivity contribution is 0.116. The van der Waals surface area contributed by atoms with Crippen molar-refractivity contribution in [1.82, 2.24) is 5.01 Å². The molecular weight excluding hydrogens is 296 g/mol. The third-order valence-electron chi connectivity index (χ3n) is 6.35. The van der Waals surface area contributed by atoms with E-state index in [9.17, 15) is 0 Å². The Morgan fingerprint density at radius 3 is 2.71 bits per heavy atom. The van der Waals surface area contributed by atoms with Crippen molar-refractivity contribution in [2.24, 2.45) is 16.9 Å². The molecule has 0 aromatic heterocycles. The summed E-state index contributed by atoms with van der Waals surface area (Å²) in [5, 5.41) is 7.62. The molecule has 2 saturated carbocycles. The Bertz CT molecular complexity index is 570. The Morgan fingerprint density at radius 2 is 1.88 bits per heavy atom. The zero-order valence-corrected chi connectivity index (χ0v) is 14.9. The maximum Gasteiger partial charge on any atom is 0.0704 e. The number of methoxy groups -OCH3 is 1. The first kappa shape index (κ1) is 16.1. The number of hydrogen-bond acceptors (Lipinski definition) is 3. The fourth-order valence-electron chi connectivity index (χ4n) is 5.18. The van der Waals surface area contributed by atoms with Crippen molar-refractivity contribution < 1.29 is 4.74 Å². The lowest BCUT2D eigenvalue weighted by atomic mass is 9.63. The SMILES string of the molecule is COC[C@@H]1CCCN1/N=C1\[C@H]2CCC[C@@H]1[C@H](c1ccccc1)CC2. The largest absolute Gasteiger partial charge is 0.382 e. The molecule has 2 aliphatic carbocycles. The Labute approximate surface area is 146 Å². The highest BCUT2D eigenvalue weighted by Crippen LogP contribution is 2.46. The molecule has 0 N–H and O–H groups in total. The highest BCUT2D eigenvalue weighted by atomic mass is 16.5. The number of hydrogen-bond donors (Lipinski definition) is 0. The monoisotopic (exact) mass is 326 g/mol. The van der Waals surface area contributed by atoms with Gasteiger partial charge in [0.1, 0.15) is 0 Å². The van der Waals surface area contributed by atoms with E-state index in [-0.39, 0.29) is 0 Å². The van der Waals surface area contributed by atoms with Gasteiger partial charge in [-0.15, -0.1) is 0 Å². The highest BCUT2D eigenvalue weighted by Gasteiger charge is 2.40. The molecule has 0 amide bonds. The molecule has 1 aromatic carbocycles. The summed E-state index contributed by atoms with van der Waals surface area (Å²) in [6.07, 6.45) is 9.17. The van der Waals surface area contributed by atoms with Crippen molar-refractivity contribution >= 4 is 5.71 Å². The molecule has 0 radical (unpaired) electrons. The second-order valence-electron chi connectivity index (χ2n) is 7.77. The average Bonchev–Trinajstić information content (AvgIpc) is 3.03. The van der Waals surface area contributed by atoms with E-state index in [4.69, 9.17) is 9.84 Å². The van der Waals surface area contributed by atoms with Crippen LogP contribution in [0.3, 0.4) is 0 Å². The quantitative estimate of drug-likeness (QED) is 0.817. The minimum Gasteiger partial charge on any atom is -0.382 e. The lowest BCUT2D eigenvalue weighted by Crippen LogP contribution is -2.40. The summed E-state index contributed by atoms with van der Waals surface area (Å²) in [6.45, 7) is 1.92. The van der Waals surface area contributed by atoms with Gasteiger partial charge in [0.15, 0.2) is 0 Å². The van der Waals surface area contributed by atoms with Crippen LogP contribution in [0.15, 0.2) is 35.4 Å². The van der Waals surface area contributed by atoms with Crippen molar-refractivity contribution in [3.05, 3.63) is 35.9 Å². The van der Waals surface area contributed by atoms with Crippen LogP contribution in [0.1, 0.15) is 56.4 Å². The van der Waals surface area contributed by atoms with Gasteiger partial charge in [0.2, 0.25) is 0 Å². The van der Waals surface area contributed by atoms with Gasteiger partial charge in [-0.3, -0.25) is 5.01 Å². The van der Waals surface area contributed by atoms with Crippen LogP contribution >= 0.6 is 0 Å². The van der Waals surface area contributed by atoms with Crippen LogP contribution in [0, 0.1) is 11.8 Å². The lowest BCUT2D eigenvalue weighted by Gasteiger charge is -2.42. The standard InChI is InChI=1S/C21H30N2O/c1-24-15-18-10-6-14-23(18)22-21-17-9-5-11-20(21)19(13-12-17)16-7-3-2-4-8-16/h2-4,7-8,17-20H,5-6,9-15H2,1H3/b22-21+/t17-,18-,19-,20+/m0/s1. The van der Waals surface area contributed by atoms with Gasteiger partial charge in [0.05, 0.1) is 12.6 Å². The van der Waals surface area contributed by atoms with Crippen LogP contribution in [-0.2, 0) is 4.74 Å².